The summed E-state index contributed by atoms with van der Waals surface area (Å²) in [5.74, 6) is -0.922. The Morgan fingerprint density at radius 2 is 1.71 bits per heavy atom. The Morgan fingerprint density at radius 3 is 2.34 bits per heavy atom. The molecule has 0 spiro atoms. The number of hydrogen-bond acceptors (Lipinski definition) is 7. The maximum absolute atomic E-state index is 13.4. The molecule has 0 radical (unpaired) electrons. The maximum Gasteiger partial charge on any atom is 0.246 e. The van der Waals surface area contributed by atoms with Gasteiger partial charge in [-0.15, -0.1) is 11.3 Å². The fourth-order valence-corrected chi connectivity index (χ4v) is 5.65. The highest BCUT2D eigenvalue weighted by Gasteiger charge is 2.46. The topological polar surface area (TPSA) is 123 Å². The van der Waals surface area contributed by atoms with Crippen LogP contribution in [0.25, 0.3) is 10.4 Å². The first kappa shape index (κ1) is 25.3. The number of likely N-dealkylation sites (tertiary alicyclic amines) is 2. The van der Waals surface area contributed by atoms with E-state index in [0.717, 1.165) is 21.7 Å². The molecular weight excluding hydrogens is 468 g/mol. The second-order valence-electron chi connectivity index (χ2n) is 9.28. The number of thiazole rings is 1. The number of benzene rings is 1. The van der Waals surface area contributed by atoms with Gasteiger partial charge in [0.1, 0.15) is 12.1 Å². The van der Waals surface area contributed by atoms with Crippen molar-refractivity contribution in [3.05, 3.63) is 41.0 Å². The van der Waals surface area contributed by atoms with Crippen molar-refractivity contribution in [2.24, 2.45) is 0 Å². The van der Waals surface area contributed by atoms with Crippen LogP contribution in [-0.2, 0) is 20.9 Å². The van der Waals surface area contributed by atoms with Gasteiger partial charge in [-0.3, -0.25) is 14.4 Å². The second-order valence-corrected chi connectivity index (χ2v) is 10.1. The standard InChI is InChI=1S/C25H32N4O5S/c1-3-4-22(32)28-12-19(31)10-21(28)25(34)29-13-18(30)9-20(29)24(33)26-11-16-5-7-17(8-6-16)23-15(2)27-14-35-23/h5-8,14,18-21,30-31H,3-4,9-13H2,1-2H3,(H,26,33). The van der Waals surface area contributed by atoms with Gasteiger partial charge in [0.05, 0.1) is 28.3 Å². The van der Waals surface area contributed by atoms with Crippen molar-refractivity contribution in [1.82, 2.24) is 20.1 Å². The van der Waals surface area contributed by atoms with Crippen LogP contribution in [0.4, 0.5) is 0 Å². The molecule has 3 heterocycles. The van der Waals surface area contributed by atoms with E-state index >= 15 is 0 Å². The van der Waals surface area contributed by atoms with Crippen molar-refractivity contribution in [1.29, 1.82) is 0 Å². The van der Waals surface area contributed by atoms with Gasteiger partial charge in [0.15, 0.2) is 0 Å². The van der Waals surface area contributed by atoms with Gasteiger partial charge in [-0.2, -0.15) is 0 Å². The Labute approximate surface area is 208 Å². The molecular formula is C25H32N4O5S. The summed E-state index contributed by atoms with van der Waals surface area (Å²) in [6.07, 6.45) is -0.376. The van der Waals surface area contributed by atoms with Crippen molar-refractivity contribution in [3.8, 4) is 10.4 Å². The summed E-state index contributed by atoms with van der Waals surface area (Å²) in [6, 6.07) is 6.23. The lowest BCUT2D eigenvalue weighted by atomic mass is 10.1. The Kier molecular flexibility index (Phi) is 7.83. The fraction of sp³-hybridized carbons (Fsp3) is 0.520. The van der Waals surface area contributed by atoms with Crippen LogP contribution >= 0.6 is 11.3 Å². The molecule has 0 aliphatic carbocycles. The van der Waals surface area contributed by atoms with Crippen LogP contribution in [0.3, 0.4) is 0 Å². The highest BCUT2D eigenvalue weighted by Crippen LogP contribution is 2.28. The quantitative estimate of drug-likeness (QED) is 0.529. The lowest BCUT2D eigenvalue weighted by molar-refractivity contribution is -0.146. The summed E-state index contributed by atoms with van der Waals surface area (Å²) < 4.78 is 0. The minimum absolute atomic E-state index is 0.0300. The molecule has 1 aromatic carbocycles. The molecule has 2 saturated heterocycles. The smallest absolute Gasteiger partial charge is 0.246 e. The molecule has 2 aliphatic heterocycles. The van der Waals surface area contributed by atoms with Crippen molar-refractivity contribution >= 4 is 29.1 Å². The fourth-order valence-electron chi connectivity index (χ4n) is 4.84. The molecule has 4 atom stereocenters. The van der Waals surface area contributed by atoms with E-state index in [1.807, 2.05) is 43.6 Å². The Hall–Kier alpha value is -2.82. The Balaban J connectivity index is 1.40. The number of carbonyl (C=O) groups excluding carboxylic acids is 3. The Bertz CT molecular complexity index is 1070. The number of aliphatic hydroxyl groups excluding tert-OH is 2. The predicted molar refractivity (Wildman–Crippen MR) is 131 cm³/mol. The zero-order valence-corrected chi connectivity index (χ0v) is 20.8. The number of aliphatic hydroxyl groups is 2. The molecule has 3 amide bonds. The summed E-state index contributed by atoms with van der Waals surface area (Å²) in [5.41, 5.74) is 4.77. The average Bonchev–Trinajstić information content (AvgIpc) is 3.55. The van der Waals surface area contributed by atoms with Gasteiger partial charge in [-0.05, 0) is 24.5 Å². The van der Waals surface area contributed by atoms with Crippen LogP contribution in [-0.4, -0.2) is 80.1 Å². The minimum Gasteiger partial charge on any atom is -0.391 e. The third kappa shape index (κ3) is 5.55. The molecule has 0 bridgehead atoms. The number of nitrogens with zero attached hydrogens (tertiary/aromatic N) is 3. The van der Waals surface area contributed by atoms with Crippen molar-refractivity contribution < 1.29 is 24.6 Å². The summed E-state index contributed by atoms with van der Waals surface area (Å²) in [4.78, 5) is 47.0. The number of β-amino-alcohol motifs (C(OH)–C–C–N with tert-alkyl or cyclic N) is 2. The van der Waals surface area contributed by atoms with Gasteiger partial charge in [-0.25, -0.2) is 4.98 Å². The van der Waals surface area contributed by atoms with Gasteiger partial charge in [-0.1, -0.05) is 31.2 Å². The normalized spacial score (nSPS) is 24.1. The summed E-state index contributed by atoms with van der Waals surface area (Å²) in [7, 11) is 0. The molecule has 1 aromatic heterocycles. The third-order valence-electron chi connectivity index (χ3n) is 6.64. The van der Waals surface area contributed by atoms with E-state index in [2.05, 4.69) is 10.3 Å². The number of aromatic nitrogens is 1. The van der Waals surface area contributed by atoms with E-state index < -0.39 is 30.2 Å². The summed E-state index contributed by atoms with van der Waals surface area (Å²) in [5, 5.41) is 23.2. The van der Waals surface area contributed by atoms with Crippen LogP contribution in [0, 0.1) is 6.92 Å². The number of hydrogen-bond donors (Lipinski definition) is 3. The second kappa shape index (κ2) is 10.8. The lowest BCUT2D eigenvalue weighted by Gasteiger charge is -2.30. The predicted octanol–water partition coefficient (Wildman–Crippen LogP) is 1.46. The zero-order valence-electron chi connectivity index (χ0n) is 20.0. The average molecular weight is 501 g/mol. The van der Waals surface area contributed by atoms with Crippen LogP contribution < -0.4 is 5.32 Å². The molecule has 0 saturated carbocycles. The maximum atomic E-state index is 13.4. The first-order chi connectivity index (χ1) is 16.8. The van der Waals surface area contributed by atoms with E-state index in [1.54, 1.807) is 11.3 Å². The number of aryl methyl sites for hydroxylation is 1. The van der Waals surface area contributed by atoms with Crippen LogP contribution in [0.15, 0.2) is 29.8 Å². The van der Waals surface area contributed by atoms with Gasteiger partial charge in [0, 0.05) is 38.9 Å². The largest absolute Gasteiger partial charge is 0.391 e. The van der Waals surface area contributed by atoms with Crippen LogP contribution in [0.2, 0.25) is 0 Å². The first-order valence-corrected chi connectivity index (χ1v) is 12.9. The van der Waals surface area contributed by atoms with Gasteiger partial charge in [0.25, 0.3) is 0 Å². The highest BCUT2D eigenvalue weighted by atomic mass is 32.1. The van der Waals surface area contributed by atoms with Crippen LogP contribution in [0.1, 0.15) is 43.9 Å². The van der Waals surface area contributed by atoms with E-state index in [9.17, 15) is 24.6 Å². The van der Waals surface area contributed by atoms with E-state index in [-0.39, 0.29) is 37.7 Å². The van der Waals surface area contributed by atoms with Crippen molar-refractivity contribution in [2.45, 2.75) is 70.4 Å². The molecule has 2 aromatic rings. The van der Waals surface area contributed by atoms with Crippen molar-refractivity contribution in [2.75, 3.05) is 13.1 Å². The van der Waals surface area contributed by atoms with Gasteiger partial charge < -0.3 is 25.3 Å². The molecule has 10 heteroatoms. The molecule has 2 fully saturated rings. The highest BCUT2D eigenvalue weighted by molar-refractivity contribution is 7.13. The summed E-state index contributed by atoms with van der Waals surface area (Å²) in [6.45, 7) is 4.28. The number of carbonyl (C=O) groups is 3. The molecule has 3 N–H and O–H groups in total. The van der Waals surface area contributed by atoms with E-state index in [4.69, 9.17) is 0 Å². The SMILES string of the molecule is CCCC(=O)N1CC(O)CC1C(=O)N1CC(O)CC1C(=O)NCc1ccc(-c2scnc2C)cc1. The van der Waals surface area contributed by atoms with Crippen molar-refractivity contribution in [3.63, 3.8) is 0 Å². The Morgan fingerprint density at radius 1 is 1.06 bits per heavy atom. The van der Waals surface area contributed by atoms with E-state index in [1.165, 1.54) is 9.80 Å². The number of nitrogens with one attached hydrogen (secondary N) is 1. The molecule has 2 aliphatic rings. The zero-order chi connectivity index (χ0) is 25.1. The van der Waals surface area contributed by atoms with E-state index in [0.29, 0.717) is 19.4 Å². The van der Waals surface area contributed by atoms with Gasteiger partial charge in [0.2, 0.25) is 17.7 Å². The lowest BCUT2D eigenvalue weighted by Crippen LogP contribution is -2.52. The van der Waals surface area contributed by atoms with Gasteiger partial charge >= 0.3 is 0 Å². The molecule has 9 nitrogen and oxygen atoms in total. The minimum atomic E-state index is -0.822. The number of rotatable bonds is 7. The first-order valence-electron chi connectivity index (χ1n) is 12.0. The monoisotopic (exact) mass is 500 g/mol. The molecule has 35 heavy (non-hydrogen) atoms. The summed E-state index contributed by atoms with van der Waals surface area (Å²) >= 11 is 1.58. The molecule has 4 unspecified atom stereocenters. The van der Waals surface area contributed by atoms with Crippen LogP contribution in [0.5, 0.6) is 0 Å². The number of amides is 3. The third-order valence-corrected chi connectivity index (χ3v) is 7.62. The molecule has 4 rings (SSSR count). The molecule has 188 valence electrons.